The molecule has 1 heterocycles. The average molecular weight is 175 g/mol. The Morgan fingerprint density at radius 2 is 2.23 bits per heavy atom. The topological polar surface area (TPSA) is 12.9 Å². The predicted molar refractivity (Wildman–Crippen MR) is 57.5 cm³/mol. The second-order valence-corrected chi connectivity index (χ2v) is 3.21. The van der Waals surface area contributed by atoms with Crippen molar-refractivity contribution in [3.63, 3.8) is 0 Å². The molecule has 0 saturated heterocycles. The van der Waals surface area contributed by atoms with Crippen LogP contribution in [0.2, 0.25) is 0 Å². The van der Waals surface area contributed by atoms with E-state index in [0.717, 1.165) is 18.5 Å². The van der Waals surface area contributed by atoms with Gasteiger partial charge in [-0.05, 0) is 43.0 Å². The molecule has 0 aliphatic rings. The van der Waals surface area contributed by atoms with Gasteiger partial charge in [-0.1, -0.05) is 19.9 Å². The monoisotopic (exact) mass is 175 g/mol. The van der Waals surface area contributed by atoms with Crippen molar-refractivity contribution >= 4 is 5.57 Å². The summed E-state index contributed by atoms with van der Waals surface area (Å²) in [6.07, 6.45) is 6.27. The predicted octanol–water partition coefficient (Wildman–Crippen LogP) is 3.59. The Balaban J connectivity index is 2.98. The fourth-order valence-corrected chi connectivity index (χ4v) is 1.39. The summed E-state index contributed by atoms with van der Waals surface area (Å²) in [6.45, 7) is 6.43. The molecule has 0 unspecified atom stereocenters. The van der Waals surface area contributed by atoms with Crippen LogP contribution in [0.25, 0.3) is 5.57 Å². The molecule has 1 heteroatoms. The highest BCUT2D eigenvalue weighted by Crippen LogP contribution is 2.16. The quantitative estimate of drug-likeness (QED) is 0.684. The van der Waals surface area contributed by atoms with Gasteiger partial charge in [0.2, 0.25) is 0 Å². The number of rotatable bonds is 3. The number of aromatic nitrogens is 1. The molecule has 0 bridgehead atoms. The molecular weight excluding hydrogens is 158 g/mol. The van der Waals surface area contributed by atoms with E-state index in [-0.39, 0.29) is 0 Å². The second kappa shape index (κ2) is 4.80. The van der Waals surface area contributed by atoms with Gasteiger partial charge in [-0.2, -0.15) is 0 Å². The molecule has 1 aromatic rings. The highest BCUT2D eigenvalue weighted by Gasteiger charge is 1.99. The van der Waals surface area contributed by atoms with Gasteiger partial charge in [0.05, 0.1) is 5.69 Å². The minimum absolute atomic E-state index is 1.06. The number of pyridine rings is 1. The summed E-state index contributed by atoms with van der Waals surface area (Å²) in [7, 11) is 0. The molecule has 0 aromatic carbocycles. The van der Waals surface area contributed by atoms with Crippen LogP contribution in [0.5, 0.6) is 0 Å². The molecule has 0 fully saturated rings. The zero-order valence-corrected chi connectivity index (χ0v) is 8.67. The lowest BCUT2D eigenvalue weighted by atomic mass is 10.1. The van der Waals surface area contributed by atoms with Crippen LogP contribution in [0.1, 0.15) is 37.9 Å². The maximum atomic E-state index is 4.36. The molecule has 0 aliphatic carbocycles. The van der Waals surface area contributed by atoms with Crippen molar-refractivity contribution in [2.75, 3.05) is 0 Å². The van der Waals surface area contributed by atoms with E-state index < -0.39 is 0 Å². The third-order valence-corrected chi connectivity index (χ3v) is 2.08. The Morgan fingerprint density at radius 3 is 2.77 bits per heavy atom. The van der Waals surface area contributed by atoms with E-state index in [1.807, 2.05) is 12.3 Å². The standard InChI is InChI=1S/C12H17N/c1-4-6-11(5-2)12-9-10(3)7-8-13-12/h6-9H,4-5H2,1-3H3/b11-6+. The van der Waals surface area contributed by atoms with Gasteiger partial charge < -0.3 is 0 Å². The highest BCUT2D eigenvalue weighted by molar-refractivity contribution is 5.62. The van der Waals surface area contributed by atoms with Crippen molar-refractivity contribution < 1.29 is 0 Å². The average Bonchev–Trinajstić information content (AvgIpc) is 2.14. The number of allylic oxidation sites excluding steroid dienone is 2. The van der Waals surface area contributed by atoms with E-state index in [9.17, 15) is 0 Å². The molecule has 1 rings (SSSR count). The summed E-state index contributed by atoms with van der Waals surface area (Å²) in [6, 6.07) is 4.17. The summed E-state index contributed by atoms with van der Waals surface area (Å²) in [5, 5.41) is 0. The highest BCUT2D eigenvalue weighted by atomic mass is 14.7. The normalized spacial score (nSPS) is 11.8. The van der Waals surface area contributed by atoms with Crippen LogP contribution >= 0.6 is 0 Å². The van der Waals surface area contributed by atoms with Gasteiger partial charge in [0, 0.05) is 6.20 Å². The van der Waals surface area contributed by atoms with Crippen molar-refractivity contribution in [1.82, 2.24) is 4.98 Å². The van der Waals surface area contributed by atoms with Crippen molar-refractivity contribution in [1.29, 1.82) is 0 Å². The van der Waals surface area contributed by atoms with Gasteiger partial charge in [0.25, 0.3) is 0 Å². The Morgan fingerprint density at radius 1 is 1.46 bits per heavy atom. The third-order valence-electron chi connectivity index (χ3n) is 2.08. The van der Waals surface area contributed by atoms with E-state index in [4.69, 9.17) is 0 Å². The molecule has 70 valence electrons. The Kier molecular flexibility index (Phi) is 3.69. The van der Waals surface area contributed by atoms with E-state index in [2.05, 4.69) is 37.9 Å². The van der Waals surface area contributed by atoms with Crippen molar-refractivity contribution in [2.45, 2.75) is 33.6 Å². The minimum Gasteiger partial charge on any atom is -0.257 e. The lowest BCUT2D eigenvalue weighted by Gasteiger charge is -2.04. The summed E-state index contributed by atoms with van der Waals surface area (Å²) >= 11 is 0. The Hall–Kier alpha value is -1.11. The fourth-order valence-electron chi connectivity index (χ4n) is 1.39. The molecule has 0 saturated carbocycles. The number of hydrogen-bond acceptors (Lipinski definition) is 1. The zero-order valence-electron chi connectivity index (χ0n) is 8.67. The smallest absolute Gasteiger partial charge is 0.0660 e. The minimum atomic E-state index is 1.06. The van der Waals surface area contributed by atoms with Crippen LogP contribution in [-0.2, 0) is 0 Å². The maximum Gasteiger partial charge on any atom is 0.0660 e. The first-order valence-corrected chi connectivity index (χ1v) is 4.90. The molecule has 13 heavy (non-hydrogen) atoms. The SMILES string of the molecule is CC/C=C(\CC)c1cc(C)ccn1. The van der Waals surface area contributed by atoms with Crippen molar-refractivity contribution in [3.05, 3.63) is 35.7 Å². The van der Waals surface area contributed by atoms with Crippen LogP contribution in [0, 0.1) is 6.92 Å². The molecule has 1 aromatic heterocycles. The van der Waals surface area contributed by atoms with Crippen LogP contribution in [-0.4, -0.2) is 4.98 Å². The van der Waals surface area contributed by atoms with E-state index in [0.29, 0.717) is 0 Å². The second-order valence-electron chi connectivity index (χ2n) is 3.21. The molecule has 0 spiro atoms. The van der Waals surface area contributed by atoms with Crippen LogP contribution in [0.3, 0.4) is 0 Å². The molecule has 0 amide bonds. The van der Waals surface area contributed by atoms with Crippen molar-refractivity contribution in [3.8, 4) is 0 Å². The molecular formula is C12H17N. The van der Waals surface area contributed by atoms with Crippen LogP contribution in [0.4, 0.5) is 0 Å². The first-order valence-electron chi connectivity index (χ1n) is 4.90. The summed E-state index contributed by atoms with van der Waals surface area (Å²) in [4.78, 5) is 4.36. The summed E-state index contributed by atoms with van der Waals surface area (Å²) in [5.41, 5.74) is 3.76. The molecule has 0 N–H and O–H groups in total. The van der Waals surface area contributed by atoms with Gasteiger partial charge >= 0.3 is 0 Å². The lowest BCUT2D eigenvalue weighted by molar-refractivity contribution is 1.13. The molecule has 1 nitrogen and oxygen atoms in total. The number of nitrogens with zero attached hydrogens (tertiary/aromatic N) is 1. The number of aryl methyl sites for hydroxylation is 1. The summed E-state index contributed by atoms with van der Waals surface area (Å²) in [5.74, 6) is 0. The first-order chi connectivity index (χ1) is 6.27. The number of hydrogen-bond donors (Lipinski definition) is 0. The molecule has 0 radical (unpaired) electrons. The largest absolute Gasteiger partial charge is 0.257 e. The van der Waals surface area contributed by atoms with Gasteiger partial charge in [0.1, 0.15) is 0 Å². The van der Waals surface area contributed by atoms with E-state index in [1.165, 1.54) is 11.1 Å². The molecule has 0 aliphatic heterocycles. The van der Waals surface area contributed by atoms with Crippen LogP contribution < -0.4 is 0 Å². The van der Waals surface area contributed by atoms with Gasteiger partial charge in [0.15, 0.2) is 0 Å². The Labute approximate surface area is 80.5 Å². The van der Waals surface area contributed by atoms with E-state index >= 15 is 0 Å². The first kappa shape index (κ1) is 9.97. The van der Waals surface area contributed by atoms with Crippen molar-refractivity contribution in [2.24, 2.45) is 0 Å². The van der Waals surface area contributed by atoms with E-state index in [1.54, 1.807) is 0 Å². The molecule has 0 atom stereocenters. The van der Waals surface area contributed by atoms with Gasteiger partial charge in [-0.3, -0.25) is 4.98 Å². The third kappa shape index (κ3) is 2.69. The van der Waals surface area contributed by atoms with Gasteiger partial charge in [-0.25, -0.2) is 0 Å². The Bertz CT molecular complexity index is 300. The van der Waals surface area contributed by atoms with Crippen LogP contribution in [0.15, 0.2) is 24.4 Å². The lowest BCUT2D eigenvalue weighted by Crippen LogP contribution is -1.88. The zero-order chi connectivity index (χ0) is 9.68. The maximum absolute atomic E-state index is 4.36. The van der Waals surface area contributed by atoms with Gasteiger partial charge in [-0.15, -0.1) is 0 Å². The summed E-state index contributed by atoms with van der Waals surface area (Å²) < 4.78 is 0. The fraction of sp³-hybridized carbons (Fsp3) is 0.417.